The molecule has 0 heterocycles. The number of hydrogen-bond donors (Lipinski definition) is 0. The van der Waals surface area contributed by atoms with Gasteiger partial charge in [-0.3, -0.25) is 0 Å². The first kappa shape index (κ1) is 23.8. The standard InChI is InChI=1S/4C4H6O2.Hf/c4*5-4(6)3-1-2-3;/h4*3H,1-2H2,(H,5,6);/q;;;;+4/p-4. The molecule has 4 saturated carbocycles. The van der Waals surface area contributed by atoms with Gasteiger partial charge in [0, 0.05) is 23.9 Å². The summed E-state index contributed by atoms with van der Waals surface area (Å²) in [4.78, 5) is 38.6. The van der Waals surface area contributed by atoms with E-state index in [0.29, 0.717) is 0 Å². The first-order valence-corrected chi connectivity index (χ1v) is 8.05. The van der Waals surface area contributed by atoms with E-state index in [4.69, 9.17) is 0 Å². The van der Waals surface area contributed by atoms with E-state index >= 15 is 0 Å². The summed E-state index contributed by atoms with van der Waals surface area (Å²) in [5.74, 6) is -3.89. The molecule has 0 aromatic rings. The zero-order valence-corrected chi connectivity index (χ0v) is 17.3. The number of carbonyl (C=O) groups excluding carboxylic acids is 4. The minimum absolute atomic E-state index is 0. The molecule has 0 N–H and O–H groups in total. The first-order chi connectivity index (χ1) is 11.2. The number of carboxylic acids is 4. The molecule has 4 aliphatic rings. The van der Waals surface area contributed by atoms with Gasteiger partial charge in [-0.25, -0.2) is 0 Å². The van der Waals surface area contributed by atoms with Crippen molar-refractivity contribution < 1.29 is 65.4 Å². The molecule has 25 heavy (non-hydrogen) atoms. The first-order valence-electron chi connectivity index (χ1n) is 8.05. The van der Waals surface area contributed by atoms with E-state index in [-0.39, 0.29) is 49.5 Å². The third kappa shape index (κ3) is 13.7. The summed E-state index contributed by atoms with van der Waals surface area (Å²) in [6.07, 6.45) is 6.69. The van der Waals surface area contributed by atoms with Crippen molar-refractivity contribution in [1.82, 2.24) is 0 Å². The maximum Gasteiger partial charge on any atom is 4.00 e. The Morgan fingerprint density at radius 3 is 0.560 bits per heavy atom. The Balaban J connectivity index is 0.000000303. The molecular weight excluding hydrogens is 499 g/mol. The average Bonchev–Trinajstić information content (AvgIpc) is 3.42. The van der Waals surface area contributed by atoms with Crippen molar-refractivity contribution in [2.24, 2.45) is 23.7 Å². The van der Waals surface area contributed by atoms with Crippen molar-refractivity contribution in [2.45, 2.75) is 51.4 Å². The van der Waals surface area contributed by atoms with Crippen LogP contribution < -0.4 is 20.4 Å². The molecule has 0 bridgehead atoms. The van der Waals surface area contributed by atoms with Crippen molar-refractivity contribution in [3.05, 3.63) is 0 Å². The largest absolute Gasteiger partial charge is 4.00 e. The molecule has 9 heteroatoms. The molecule has 0 aromatic carbocycles. The van der Waals surface area contributed by atoms with Crippen LogP contribution in [-0.2, 0) is 45.0 Å². The molecule has 4 fully saturated rings. The van der Waals surface area contributed by atoms with E-state index in [9.17, 15) is 39.6 Å². The van der Waals surface area contributed by atoms with E-state index in [1.54, 1.807) is 0 Å². The molecular formula is C16H20HfO8. The Hall–Kier alpha value is -1.25. The minimum atomic E-state index is -0.880. The number of aliphatic carboxylic acids is 4. The van der Waals surface area contributed by atoms with Gasteiger partial charge in [0.15, 0.2) is 0 Å². The Morgan fingerprint density at radius 1 is 0.440 bits per heavy atom. The second kappa shape index (κ2) is 11.4. The molecule has 0 saturated heterocycles. The number of rotatable bonds is 4. The summed E-state index contributed by atoms with van der Waals surface area (Å²) >= 11 is 0. The third-order valence-electron chi connectivity index (χ3n) is 3.64. The van der Waals surface area contributed by atoms with Crippen LogP contribution in [0.15, 0.2) is 0 Å². The SMILES string of the molecule is O=C([O-])C1CC1.O=C([O-])C1CC1.O=C([O-])C1CC1.O=C([O-])C1CC1.[Hf+4]. The number of carbonyl (C=O) groups is 4. The van der Waals surface area contributed by atoms with Crippen LogP contribution in [-0.4, -0.2) is 23.9 Å². The van der Waals surface area contributed by atoms with Gasteiger partial charge in [-0.1, -0.05) is 0 Å². The summed E-state index contributed by atoms with van der Waals surface area (Å²) in [5.41, 5.74) is 0. The van der Waals surface area contributed by atoms with Crippen LogP contribution in [0.4, 0.5) is 0 Å². The van der Waals surface area contributed by atoms with Crippen LogP contribution in [0, 0.1) is 23.7 Å². The van der Waals surface area contributed by atoms with Gasteiger partial charge in [-0.05, 0) is 75.0 Å². The Labute approximate surface area is 164 Å². The van der Waals surface area contributed by atoms with Gasteiger partial charge < -0.3 is 39.6 Å². The van der Waals surface area contributed by atoms with Gasteiger partial charge in [0.2, 0.25) is 0 Å². The monoisotopic (exact) mass is 520 g/mol. The summed E-state index contributed by atoms with van der Waals surface area (Å²) in [6, 6.07) is 0. The molecule has 0 radical (unpaired) electrons. The van der Waals surface area contributed by atoms with E-state index < -0.39 is 23.9 Å². The normalized spacial score (nSPS) is 19.8. The predicted molar refractivity (Wildman–Crippen MR) is 70.9 cm³/mol. The van der Waals surface area contributed by atoms with E-state index in [1.165, 1.54) is 0 Å². The second-order valence-corrected chi connectivity index (χ2v) is 6.37. The summed E-state index contributed by atoms with van der Waals surface area (Å²) < 4.78 is 0. The fourth-order valence-corrected chi connectivity index (χ4v) is 1.28. The summed E-state index contributed by atoms with van der Waals surface area (Å²) in [7, 11) is 0. The number of carboxylic acid groups (broad SMARTS) is 4. The van der Waals surface area contributed by atoms with Crippen LogP contribution in [0.25, 0.3) is 0 Å². The predicted octanol–water partition coefficient (Wildman–Crippen LogP) is -3.42. The van der Waals surface area contributed by atoms with Crippen LogP contribution in [0.1, 0.15) is 51.4 Å². The molecule has 0 unspecified atom stereocenters. The van der Waals surface area contributed by atoms with Crippen molar-refractivity contribution >= 4 is 23.9 Å². The summed E-state index contributed by atoms with van der Waals surface area (Å²) in [5, 5.41) is 38.6. The summed E-state index contributed by atoms with van der Waals surface area (Å²) in [6.45, 7) is 0. The van der Waals surface area contributed by atoms with Gasteiger partial charge in [0.05, 0.1) is 0 Å². The topological polar surface area (TPSA) is 161 Å². The molecule has 136 valence electrons. The zero-order chi connectivity index (χ0) is 18.3. The van der Waals surface area contributed by atoms with Crippen molar-refractivity contribution in [1.29, 1.82) is 0 Å². The molecule has 4 aliphatic carbocycles. The molecule has 0 spiro atoms. The van der Waals surface area contributed by atoms with Crippen LogP contribution in [0.5, 0.6) is 0 Å². The zero-order valence-electron chi connectivity index (χ0n) is 13.7. The van der Waals surface area contributed by atoms with Crippen molar-refractivity contribution in [3.63, 3.8) is 0 Å². The molecule has 0 amide bonds. The van der Waals surface area contributed by atoms with Crippen molar-refractivity contribution in [2.75, 3.05) is 0 Å². The van der Waals surface area contributed by atoms with Gasteiger partial charge >= 0.3 is 25.8 Å². The fourth-order valence-electron chi connectivity index (χ4n) is 1.28. The van der Waals surface area contributed by atoms with Crippen molar-refractivity contribution in [3.8, 4) is 0 Å². The fraction of sp³-hybridized carbons (Fsp3) is 0.750. The van der Waals surface area contributed by atoms with Crippen LogP contribution in [0.2, 0.25) is 0 Å². The van der Waals surface area contributed by atoms with Crippen LogP contribution in [0.3, 0.4) is 0 Å². The molecule has 0 aromatic heterocycles. The number of hydrogen-bond acceptors (Lipinski definition) is 8. The second-order valence-electron chi connectivity index (χ2n) is 6.37. The van der Waals surface area contributed by atoms with E-state index in [0.717, 1.165) is 51.4 Å². The quantitative estimate of drug-likeness (QED) is 0.348. The van der Waals surface area contributed by atoms with E-state index in [1.807, 2.05) is 0 Å². The van der Waals surface area contributed by atoms with E-state index in [2.05, 4.69) is 0 Å². The van der Waals surface area contributed by atoms with Gasteiger partial charge in [-0.15, -0.1) is 0 Å². The van der Waals surface area contributed by atoms with Gasteiger partial charge in [0.1, 0.15) is 0 Å². The average molecular weight is 519 g/mol. The molecule has 8 nitrogen and oxygen atoms in total. The van der Waals surface area contributed by atoms with Crippen LogP contribution >= 0.6 is 0 Å². The minimum Gasteiger partial charge on any atom is -0.550 e. The Kier molecular flexibility index (Phi) is 10.8. The van der Waals surface area contributed by atoms with Gasteiger partial charge in [-0.2, -0.15) is 0 Å². The molecule has 0 atom stereocenters. The Morgan fingerprint density at radius 2 is 0.560 bits per heavy atom. The molecule has 4 rings (SSSR count). The molecule has 0 aliphatic heterocycles. The maximum absolute atomic E-state index is 9.65. The maximum atomic E-state index is 9.65. The third-order valence-corrected chi connectivity index (χ3v) is 3.64. The smallest absolute Gasteiger partial charge is 0.550 e. The van der Waals surface area contributed by atoms with Gasteiger partial charge in [0.25, 0.3) is 0 Å². The Bertz CT molecular complexity index is 389.